The van der Waals surface area contributed by atoms with Crippen molar-refractivity contribution in [3.8, 4) is 0 Å². The Morgan fingerprint density at radius 1 is 1.24 bits per heavy atom. The summed E-state index contributed by atoms with van der Waals surface area (Å²) in [6.45, 7) is 4.89. The molecule has 0 saturated carbocycles. The summed E-state index contributed by atoms with van der Waals surface area (Å²) in [5.41, 5.74) is 2.93. The van der Waals surface area contributed by atoms with E-state index < -0.39 is 5.25 Å². The molecule has 0 fully saturated rings. The van der Waals surface area contributed by atoms with E-state index in [-0.39, 0.29) is 18.2 Å². The number of nitrogens with zero attached hydrogens (tertiary/aromatic N) is 4. The maximum Gasteiger partial charge on any atom is 0.260 e. The Labute approximate surface area is 174 Å². The number of hydrogen-bond donors (Lipinski definition) is 1. The van der Waals surface area contributed by atoms with E-state index in [1.807, 2.05) is 32.0 Å². The fourth-order valence-corrected chi connectivity index (χ4v) is 4.85. The number of carbonyl (C=O) groups is 2. The van der Waals surface area contributed by atoms with E-state index in [0.29, 0.717) is 6.42 Å². The molecule has 2 aliphatic heterocycles. The van der Waals surface area contributed by atoms with Gasteiger partial charge in [-0.25, -0.2) is 4.99 Å². The molecule has 0 radical (unpaired) electrons. The number of benzene rings is 1. The highest BCUT2D eigenvalue weighted by Gasteiger charge is 2.31. The van der Waals surface area contributed by atoms with Gasteiger partial charge in [0.05, 0.1) is 11.5 Å². The lowest BCUT2D eigenvalue weighted by molar-refractivity contribution is -0.121. The minimum atomic E-state index is -0.470. The number of rotatable bonds is 5. The zero-order chi connectivity index (χ0) is 20.4. The second-order valence-corrected chi connectivity index (χ2v) is 8.97. The number of nitrogens with one attached hydrogen (secondary N) is 1. The van der Waals surface area contributed by atoms with Crippen molar-refractivity contribution >= 4 is 34.3 Å². The normalized spacial score (nSPS) is 18.9. The first-order valence-corrected chi connectivity index (χ1v) is 10.9. The highest BCUT2D eigenvalue weighted by atomic mass is 32.2. The van der Waals surface area contributed by atoms with Crippen LogP contribution in [0.2, 0.25) is 0 Å². The second kappa shape index (κ2) is 8.49. The van der Waals surface area contributed by atoms with Crippen molar-refractivity contribution < 1.29 is 9.59 Å². The van der Waals surface area contributed by atoms with Gasteiger partial charge in [-0.1, -0.05) is 35.9 Å². The Hall–Kier alpha value is -2.48. The number of aliphatic imine (C=N–C) groups is 1. The van der Waals surface area contributed by atoms with Crippen LogP contribution in [-0.4, -0.2) is 36.9 Å². The molecule has 4 rings (SSSR count). The Morgan fingerprint density at radius 2 is 2.10 bits per heavy atom. The number of thioether (sulfide) groups is 1. The smallest absolute Gasteiger partial charge is 0.260 e. The minimum Gasteiger partial charge on any atom is -0.326 e. The summed E-state index contributed by atoms with van der Waals surface area (Å²) in [6.07, 6.45) is 5.03. The predicted octanol–water partition coefficient (Wildman–Crippen LogP) is 3.23. The number of fused-ring (bicyclic) bond motifs is 1. The van der Waals surface area contributed by atoms with Crippen molar-refractivity contribution in [2.24, 2.45) is 4.99 Å². The first-order valence-electron chi connectivity index (χ1n) is 10.1. The summed E-state index contributed by atoms with van der Waals surface area (Å²) in [5.74, 6) is 1.48. The average molecular weight is 412 g/mol. The summed E-state index contributed by atoms with van der Waals surface area (Å²) in [5, 5.41) is 11.8. The van der Waals surface area contributed by atoms with Gasteiger partial charge in [0.25, 0.3) is 5.91 Å². The van der Waals surface area contributed by atoms with E-state index in [1.165, 1.54) is 18.2 Å². The summed E-state index contributed by atoms with van der Waals surface area (Å²) in [6, 6.07) is 5.87. The second-order valence-electron chi connectivity index (χ2n) is 7.69. The SMILES string of the molecule is Cc1ccc(NC(=O)C[C@H]2SC(Cc3nnc4n3CCCCC4)=NC2=O)c(C)c1. The Bertz CT molecular complexity index is 981. The van der Waals surface area contributed by atoms with Crippen LogP contribution in [0.3, 0.4) is 0 Å². The number of carbonyl (C=O) groups excluding carboxylic acids is 2. The van der Waals surface area contributed by atoms with Crippen molar-refractivity contribution in [1.29, 1.82) is 0 Å². The molecular weight excluding hydrogens is 386 g/mol. The lowest BCUT2D eigenvalue weighted by Crippen LogP contribution is -2.21. The van der Waals surface area contributed by atoms with Gasteiger partial charge in [-0.3, -0.25) is 9.59 Å². The number of amides is 2. The first kappa shape index (κ1) is 19.8. The molecular formula is C21H25N5O2S. The summed E-state index contributed by atoms with van der Waals surface area (Å²) < 4.78 is 2.17. The van der Waals surface area contributed by atoms with Gasteiger partial charge in [-0.15, -0.1) is 10.2 Å². The maximum absolute atomic E-state index is 12.5. The molecule has 0 bridgehead atoms. The quantitative estimate of drug-likeness (QED) is 0.816. The largest absolute Gasteiger partial charge is 0.326 e. The predicted molar refractivity (Wildman–Crippen MR) is 114 cm³/mol. The van der Waals surface area contributed by atoms with Crippen LogP contribution < -0.4 is 5.32 Å². The molecule has 2 aliphatic rings. The molecule has 1 aromatic heterocycles. The molecule has 29 heavy (non-hydrogen) atoms. The zero-order valence-electron chi connectivity index (χ0n) is 16.8. The van der Waals surface area contributed by atoms with Gasteiger partial charge in [0.1, 0.15) is 16.9 Å². The lowest BCUT2D eigenvalue weighted by Gasteiger charge is -2.11. The third-order valence-corrected chi connectivity index (χ3v) is 6.47. The van der Waals surface area contributed by atoms with Gasteiger partial charge >= 0.3 is 0 Å². The van der Waals surface area contributed by atoms with Gasteiger partial charge in [0.15, 0.2) is 0 Å². The van der Waals surface area contributed by atoms with Crippen LogP contribution in [-0.2, 0) is 29.0 Å². The van der Waals surface area contributed by atoms with E-state index in [2.05, 4.69) is 25.1 Å². The first-order chi connectivity index (χ1) is 14.0. The van der Waals surface area contributed by atoms with Crippen molar-refractivity contribution in [3.63, 3.8) is 0 Å². The summed E-state index contributed by atoms with van der Waals surface area (Å²) >= 11 is 1.38. The van der Waals surface area contributed by atoms with Crippen molar-refractivity contribution in [2.75, 3.05) is 5.32 Å². The van der Waals surface area contributed by atoms with E-state index in [0.717, 1.165) is 59.3 Å². The fourth-order valence-electron chi connectivity index (χ4n) is 3.78. The standard InChI is InChI=1S/C21H25N5O2S/c1-13-7-8-15(14(2)10-13)22-19(27)11-16-21(28)23-20(29-16)12-18-25-24-17-6-4-3-5-9-26(17)18/h7-8,10,16H,3-6,9,11-12H2,1-2H3,(H,22,27)/t16-/m1/s1. The third kappa shape index (κ3) is 4.58. The van der Waals surface area contributed by atoms with Crippen molar-refractivity contribution in [1.82, 2.24) is 14.8 Å². The van der Waals surface area contributed by atoms with E-state index in [1.54, 1.807) is 0 Å². The van der Waals surface area contributed by atoms with Crippen LogP contribution in [0.5, 0.6) is 0 Å². The molecule has 8 heteroatoms. The molecule has 1 atom stereocenters. The third-order valence-electron chi connectivity index (χ3n) is 5.31. The van der Waals surface area contributed by atoms with Crippen molar-refractivity contribution in [3.05, 3.63) is 41.0 Å². The monoisotopic (exact) mass is 411 g/mol. The van der Waals surface area contributed by atoms with Gasteiger partial charge < -0.3 is 9.88 Å². The molecule has 1 N–H and O–H groups in total. The molecule has 0 aliphatic carbocycles. The van der Waals surface area contributed by atoms with E-state index in [4.69, 9.17) is 0 Å². The highest BCUT2D eigenvalue weighted by Crippen LogP contribution is 2.28. The van der Waals surface area contributed by atoms with E-state index in [9.17, 15) is 9.59 Å². The Balaban J connectivity index is 1.36. The van der Waals surface area contributed by atoms with Crippen LogP contribution in [0.25, 0.3) is 0 Å². The Kier molecular flexibility index (Phi) is 5.80. The maximum atomic E-state index is 12.5. The van der Waals surface area contributed by atoms with Crippen LogP contribution in [0.15, 0.2) is 23.2 Å². The summed E-state index contributed by atoms with van der Waals surface area (Å²) in [4.78, 5) is 29.0. The minimum absolute atomic E-state index is 0.113. The molecule has 2 amide bonds. The van der Waals surface area contributed by atoms with Crippen LogP contribution in [0, 0.1) is 13.8 Å². The van der Waals surface area contributed by atoms with Crippen molar-refractivity contribution in [2.45, 2.75) is 64.2 Å². The molecule has 7 nitrogen and oxygen atoms in total. The zero-order valence-corrected chi connectivity index (χ0v) is 17.6. The molecule has 152 valence electrons. The summed E-state index contributed by atoms with van der Waals surface area (Å²) in [7, 11) is 0. The van der Waals surface area contributed by atoms with Crippen LogP contribution in [0.1, 0.15) is 48.5 Å². The number of anilines is 1. The molecule has 0 spiro atoms. The van der Waals surface area contributed by atoms with Gasteiger partial charge in [-0.2, -0.15) is 0 Å². The Morgan fingerprint density at radius 3 is 2.93 bits per heavy atom. The molecule has 1 aromatic carbocycles. The van der Waals surface area contributed by atoms with Gasteiger partial charge in [0.2, 0.25) is 5.91 Å². The fraction of sp³-hybridized carbons (Fsp3) is 0.476. The van der Waals surface area contributed by atoms with Gasteiger partial charge in [-0.05, 0) is 38.3 Å². The highest BCUT2D eigenvalue weighted by molar-refractivity contribution is 8.15. The topological polar surface area (TPSA) is 89.2 Å². The number of hydrogen-bond acceptors (Lipinski definition) is 5. The van der Waals surface area contributed by atoms with Gasteiger partial charge in [0, 0.05) is 25.1 Å². The van der Waals surface area contributed by atoms with Crippen LogP contribution in [0.4, 0.5) is 5.69 Å². The number of aryl methyl sites for hydroxylation is 3. The molecule has 2 aromatic rings. The number of aromatic nitrogens is 3. The van der Waals surface area contributed by atoms with E-state index >= 15 is 0 Å². The average Bonchev–Trinajstić information content (AvgIpc) is 3.11. The lowest BCUT2D eigenvalue weighted by atomic mass is 10.1. The molecule has 0 saturated heterocycles. The van der Waals surface area contributed by atoms with Crippen LogP contribution >= 0.6 is 11.8 Å². The molecule has 3 heterocycles. The molecule has 0 unspecified atom stereocenters.